The van der Waals surface area contributed by atoms with Gasteiger partial charge in [0.1, 0.15) is 12.4 Å². The third-order valence-electron chi connectivity index (χ3n) is 1.42. The zero-order valence-corrected chi connectivity index (χ0v) is 7.51. The lowest BCUT2D eigenvalue weighted by atomic mass is 10.3. The van der Waals surface area contributed by atoms with Gasteiger partial charge in [-0.15, -0.1) is 5.10 Å². The van der Waals surface area contributed by atoms with Gasteiger partial charge in [0.25, 0.3) is 5.82 Å². The number of allylic oxidation sites excluding steroid dienone is 1. The van der Waals surface area contributed by atoms with Crippen LogP contribution in [0.2, 0.25) is 0 Å². The van der Waals surface area contributed by atoms with E-state index in [0.717, 1.165) is 6.08 Å². The Labute approximate surface area is 80.1 Å². The molecule has 1 N–H and O–H groups in total. The average molecular weight is 192 g/mol. The molecule has 0 radical (unpaired) electrons. The van der Waals surface area contributed by atoms with Crippen LogP contribution >= 0.6 is 0 Å². The van der Waals surface area contributed by atoms with Crippen LogP contribution in [0.3, 0.4) is 0 Å². The highest BCUT2D eigenvalue weighted by Crippen LogP contribution is 1.97. The van der Waals surface area contributed by atoms with Crippen molar-refractivity contribution in [2.75, 3.05) is 0 Å². The highest BCUT2D eigenvalue weighted by Gasteiger charge is 2.00. The van der Waals surface area contributed by atoms with Gasteiger partial charge in [-0.25, -0.2) is 14.5 Å². The lowest BCUT2D eigenvalue weighted by Gasteiger charge is -1.98. The Morgan fingerprint density at radius 1 is 1.86 bits per heavy atom. The Kier molecular flexibility index (Phi) is 2.97. The van der Waals surface area contributed by atoms with Crippen molar-refractivity contribution in [2.24, 2.45) is 0 Å². The molecule has 0 aliphatic heterocycles. The number of carboxylic acid groups (broad SMARTS) is 1. The van der Waals surface area contributed by atoms with Crippen LogP contribution in [0.25, 0.3) is 0 Å². The van der Waals surface area contributed by atoms with Gasteiger partial charge in [-0.1, -0.05) is 0 Å². The SMILES string of the molecule is CC(=CC(=O)O)Cn1cnc(C#N)n1. The summed E-state index contributed by atoms with van der Waals surface area (Å²) in [5.41, 5.74) is 0.631. The Hall–Kier alpha value is -2.16. The summed E-state index contributed by atoms with van der Waals surface area (Å²) in [6, 6.07) is 1.78. The third kappa shape index (κ3) is 2.71. The van der Waals surface area contributed by atoms with E-state index >= 15 is 0 Å². The summed E-state index contributed by atoms with van der Waals surface area (Å²) in [6.45, 7) is 1.99. The van der Waals surface area contributed by atoms with Crippen molar-refractivity contribution in [1.29, 1.82) is 5.26 Å². The van der Waals surface area contributed by atoms with Crippen LogP contribution in [0.4, 0.5) is 0 Å². The quantitative estimate of drug-likeness (QED) is 0.689. The van der Waals surface area contributed by atoms with Crippen LogP contribution in [-0.2, 0) is 11.3 Å². The van der Waals surface area contributed by atoms with Crippen molar-refractivity contribution in [3.05, 3.63) is 23.8 Å². The number of hydrogen-bond acceptors (Lipinski definition) is 4. The molecule has 0 bridgehead atoms. The summed E-state index contributed by atoms with van der Waals surface area (Å²) in [5, 5.41) is 20.7. The maximum Gasteiger partial charge on any atom is 0.328 e. The standard InChI is InChI=1S/C8H8N4O2/c1-6(2-8(13)14)4-12-5-10-7(3-9)11-12/h2,5H,4H2,1H3,(H,13,14). The molecule has 0 spiro atoms. The number of rotatable bonds is 3. The lowest BCUT2D eigenvalue weighted by molar-refractivity contribution is -0.131. The molecule has 0 aliphatic rings. The zero-order chi connectivity index (χ0) is 10.6. The zero-order valence-electron chi connectivity index (χ0n) is 7.51. The molecule has 1 heterocycles. The highest BCUT2D eigenvalue weighted by molar-refractivity contribution is 5.80. The molecule has 0 unspecified atom stereocenters. The molecular formula is C8H8N4O2. The fourth-order valence-electron chi connectivity index (χ4n) is 0.934. The Bertz CT molecular complexity index is 413. The second kappa shape index (κ2) is 4.18. The number of nitriles is 1. The molecule has 0 aromatic carbocycles. The normalized spacial score (nSPS) is 11.0. The van der Waals surface area contributed by atoms with E-state index in [1.807, 2.05) is 0 Å². The summed E-state index contributed by atoms with van der Waals surface area (Å²) in [4.78, 5) is 14.0. The fourth-order valence-corrected chi connectivity index (χ4v) is 0.934. The van der Waals surface area contributed by atoms with Gasteiger partial charge >= 0.3 is 5.97 Å². The topological polar surface area (TPSA) is 91.8 Å². The van der Waals surface area contributed by atoms with Gasteiger partial charge in [-0.3, -0.25) is 0 Å². The molecule has 6 nitrogen and oxygen atoms in total. The van der Waals surface area contributed by atoms with Gasteiger partial charge < -0.3 is 5.11 Å². The van der Waals surface area contributed by atoms with E-state index in [0.29, 0.717) is 12.1 Å². The molecule has 14 heavy (non-hydrogen) atoms. The van der Waals surface area contributed by atoms with Crippen LogP contribution in [0.1, 0.15) is 12.7 Å². The predicted molar refractivity (Wildman–Crippen MR) is 46.1 cm³/mol. The smallest absolute Gasteiger partial charge is 0.328 e. The van der Waals surface area contributed by atoms with Crippen molar-refractivity contribution in [3.63, 3.8) is 0 Å². The minimum Gasteiger partial charge on any atom is -0.478 e. The molecule has 0 fully saturated rings. The van der Waals surface area contributed by atoms with Crippen molar-refractivity contribution >= 4 is 5.97 Å². The van der Waals surface area contributed by atoms with Gasteiger partial charge in [-0.2, -0.15) is 5.26 Å². The van der Waals surface area contributed by atoms with E-state index in [-0.39, 0.29) is 5.82 Å². The number of carbonyl (C=O) groups is 1. The third-order valence-corrected chi connectivity index (χ3v) is 1.42. The van der Waals surface area contributed by atoms with E-state index in [1.54, 1.807) is 13.0 Å². The minimum atomic E-state index is -0.997. The van der Waals surface area contributed by atoms with Crippen LogP contribution < -0.4 is 0 Å². The summed E-state index contributed by atoms with van der Waals surface area (Å²) < 4.78 is 1.41. The molecule has 0 atom stereocenters. The van der Waals surface area contributed by atoms with Gasteiger partial charge in [0, 0.05) is 6.08 Å². The van der Waals surface area contributed by atoms with Gasteiger partial charge in [0.15, 0.2) is 0 Å². The first-order valence-electron chi connectivity index (χ1n) is 3.81. The van der Waals surface area contributed by atoms with E-state index in [2.05, 4.69) is 10.1 Å². The minimum absolute atomic E-state index is 0.0770. The van der Waals surface area contributed by atoms with E-state index in [9.17, 15) is 4.79 Å². The summed E-state index contributed by atoms with van der Waals surface area (Å²) in [6.07, 6.45) is 2.48. The van der Waals surface area contributed by atoms with E-state index in [4.69, 9.17) is 10.4 Å². The van der Waals surface area contributed by atoms with Gasteiger partial charge in [0.05, 0.1) is 6.54 Å². The molecule has 1 aromatic rings. The summed E-state index contributed by atoms with van der Waals surface area (Å²) in [5.74, 6) is -0.920. The number of nitrogens with zero attached hydrogens (tertiary/aromatic N) is 4. The van der Waals surface area contributed by atoms with Crippen molar-refractivity contribution in [2.45, 2.75) is 13.5 Å². The maximum absolute atomic E-state index is 10.3. The van der Waals surface area contributed by atoms with E-state index < -0.39 is 5.97 Å². The number of hydrogen-bond donors (Lipinski definition) is 1. The maximum atomic E-state index is 10.3. The first-order valence-corrected chi connectivity index (χ1v) is 3.81. The van der Waals surface area contributed by atoms with Gasteiger partial charge in [0.2, 0.25) is 0 Å². The largest absolute Gasteiger partial charge is 0.478 e. The molecule has 0 saturated heterocycles. The molecule has 0 amide bonds. The predicted octanol–water partition coefficient (Wildman–Crippen LogP) is 0.181. The highest BCUT2D eigenvalue weighted by atomic mass is 16.4. The summed E-state index contributed by atoms with van der Waals surface area (Å²) >= 11 is 0. The van der Waals surface area contributed by atoms with Crippen molar-refractivity contribution in [1.82, 2.24) is 14.8 Å². The summed E-state index contributed by atoms with van der Waals surface area (Å²) in [7, 11) is 0. The molecule has 6 heteroatoms. The average Bonchev–Trinajstić information content (AvgIpc) is 2.50. The van der Waals surface area contributed by atoms with Crippen LogP contribution in [-0.4, -0.2) is 25.8 Å². The monoisotopic (exact) mass is 192 g/mol. The molecule has 1 rings (SSSR count). The first kappa shape index (κ1) is 9.92. The number of aromatic nitrogens is 3. The Morgan fingerprint density at radius 2 is 2.57 bits per heavy atom. The Balaban J connectivity index is 2.70. The van der Waals surface area contributed by atoms with Crippen LogP contribution in [0.5, 0.6) is 0 Å². The molecule has 72 valence electrons. The molecule has 1 aromatic heterocycles. The van der Waals surface area contributed by atoms with Gasteiger partial charge in [-0.05, 0) is 12.5 Å². The number of aliphatic carboxylic acids is 1. The second-order valence-corrected chi connectivity index (χ2v) is 2.71. The lowest BCUT2D eigenvalue weighted by Crippen LogP contribution is -2.02. The second-order valence-electron chi connectivity index (χ2n) is 2.71. The van der Waals surface area contributed by atoms with Crippen molar-refractivity contribution < 1.29 is 9.90 Å². The Morgan fingerprint density at radius 3 is 3.07 bits per heavy atom. The van der Waals surface area contributed by atoms with Crippen molar-refractivity contribution in [3.8, 4) is 6.07 Å². The molecule has 0 saturated carbocycles. The molecule has 0 aliphatic carbocycles. The van der Waals surface area contributed by atoms with Crippen LogP contribution in [0.15, 0.2) is 18.0 Å². The van der Waals surface area contributed by atoms with Crippen LogP contribution in [0, 0.1) is 11.3 Å². The molecular weight excluding hydrogens is 184 g/mol. The fraction of sp³-hybridized carbons (Fsp3) is 0.250. The number of carboxylic acids is 1. The van der Waals surface area contributed by atoms with E-state index in [1.165, 1.54) is 11.0 Å². The first-order chi connectivity index (χ1) is 6.61.